The van der Waals surface area contributed by atoms with Crippen LogP contribution in [-0.4, -0.2) is 11.1 Å². The Labute approximate surface area is 193 Å². The molecule has 0 saturated heterocycles. The summed E-state index contributed by atoms with van der Waals surface area (Å²) >= 11 is 0. The van der Waals surface area contributed by atoms with Gasteiger partial charge >= 0.3 is 5.97 Å². The van der Waals surface area contributed by atoms with Crippen LogP contribution in [0.15, 0.2) is 127 Å². The van der Waals surface area contributed by atoms with E-state index in [4.69, 9.17) is 0 Å². The number of carbonyl (C=O) groups is 1. The SMILES string of the molecule is O=C(O)c1ccc(-c2cc(-c3ccccc3)c(-c3ccccc3)c(-c3ccccc3)c2)cc1. The van der Waals surface area contributed by atoms with Crippen molar-refractivity contribution in [3.63, 3.8) is 0 Å². The Hall–Kier alpha value is -4.43. The molecule has 5 rings (SSSR count). The van der Waals surface area contributed by atoms with E-state index in [0.717, 1.165) is 38.9 Å². The molecule has 0 heterocycles. The van der Waals surface area contributed by atoms with Crippen LogP contribution >= 0.6 is 0 Å². The molecular formula is C31H22O2. The fourth-order valence-corrected chi connectivity index (χ4v) is 4.22. The van der Waals surface area contributed by atoms with Crippen molar-refractivity contribution in [3.05, 3.63) is 133 Å². The molecule has 0 atom stereocenters. The summed E-state index contributed by atoms with van der Waals surface area (Å²) in [4.78, 5) is 11.3. The number of carboxylic acids is 1. The Balaban J connectivity index is 1.82. The first kappa shape index (κ1) is 20.5. The van der Waals surface area contributed by atoms with Crippen molar-refractivity contribution in [2.24, 2.45) is 0 Å². The lowest BCUT2D eigenvalue weighted by atomic mass is 9.84. The lowest BCUT2D eigenvalue weighted by Gasteiger charge is -2.19. The van der Waals surface area contributed by atoms with Crippen molar-refractivity contribution < 1.29 is 9.90 Å². The quantitative estimate of drug-likeness (QED) is 0.309. The molecule has 5 aromatic carbocycles. The summed E-state index contributed by atoms with van der Waals surface area (Å²) in [5.41, 5.74) is 9.20. The minimum absolute atomic E-state index is 0.284. The van der Waals surface area contributed by atoms with Gasteiger partial charge in [0.15, 0.2) is 0 Å². The Morgan fingerprint density at radius 1 is 0.455 bits per heavy atom. The number of hydrogen-bond donors (Lipinski definition) is 1. The Morgan fingerprint density at radius 3 is 1.30 bits per heavy atom. The smallest absolute Gasteiger partial charge is 0.335 e. The topological polar surface area (TPSA) is 37.3 Å². The summed E-state index contributed by atoms with van der Waals surface area (Å²) in [5.74, 6) is -0.920. The summed E-state index contributed by atoms with van der Waals surface area (Å²) in [6.07, 6.45) is 0. The van der Waals surface area contributed by atoms with E-state index in [1.165, 1.54) is 5.56 Å². The van der Waals surface area contributed by atoms with Crippen LogP contribution in [0.3, 0.4) is 0 Å². The third-order valence-corrected chi connectivity index (χ3v) is 5.84. The van der Waals surface area contributed by atoms with E-state index in [1.54, 1.807) is 12.1 Å². The first-order valence-corrected chi connectivity index (χ1v) is 10.9. The normalized spacial score (nSPS) is 10.7. The van der Waals surface area contributed by atoms with Gasteiger partial charge in [-0.05, 0) is 68.8 Å². The molecule has 2 nitrogen and oxygen atoms in total. The Kier molecular flexibility index (Phi) is 5.57. The second-order valence-corrected chi connectivity index (χ2v) is 7.93. The van der Waals surface area contributed by atoms with Crippen molar-refractivity contribution >= 4 is 5.97 Å². The average Bonchev–Trinajstić information content (AvgIpc) is 2.89. The second-order valence-electron chi connectivity index (χ2n) is 7.93. The molecule has 0 saturated carbocycles. The largest absolute Gasteiger partial charge is 0.478 e. The minimum atomic E-state index is -0.920. The fourth-order valence-electron chi connectivity index (χ4n) is 4.22. The van der Waals surface area contributed by atoms with Gasteiger partial charge in [-0.15, -0.1) is 0 Å². The zero-order valence-electron chi connectivity index (χ0n) is 18.0. The van der Waals surface area contributed by atoms with Crippen LogP contribution in [0.4, 0.5) is 0 Å². The van der Waals surface area contributed by atoms with Gasteiger partial charge in [0.05, 0.1) is 5.56 Å². The Morgan fingerprint density at radius 2 is 0.879 bits per heavy atom. The van der Waals surface area contributed by atoms with Gasteiger partial charge < -0.3 is 5.11 Å². The molecule has 33 heavy (non-hydrogen) atoms. The number of carboxylic acid groups (broad SMARTS) is 1. The lowest BCUT2D eigenvalue weighted by molar-refractivity contribution is 0.0697. The van der Waals surface area contributed by atoms with Crippen LogP contribution in [0.1, 0.15) is 10.4 Å². The van der Waals surface area contributed by atoms with Crippen LogP contribution in [0.2, 0.25) is 0 Å². The fraction of sp³-hybridized carbons (Fsp3) is 0. The van der Waals surface area contributed by atoms with E-state index in [0.29, 0.717) is 0 Å². The van der Waals surface area contributed by atoms with Gasteiger partial charge in [-0.25, -0.2) is 4.79 Å². The maximum atomic E-state index is 11.3. The molecule has 0 fully saturated rings. The van der Waals surface area contributed by atoms with Crippen LogP contribution in [0, 0.1) is 0 Å². The lowest BCUT2D eigenvalue weighted by Crippen LogP contribution is -1.96. The van der Waals surface area contributed by atoms with Gasteiger partial charge in [0.2, 0.25) is 0 Å². The predicted molar refractivity (Wildman–Crippen MR) is 135 cm³/mol. The van der Waals surface area contributed by atoms with Gasteiger partial charge in [-0.2, -0.15) is 0 Å². The molecule has 0 aliphatic heterocycles. The maximum Gasteiger partial charge on any atom is 0.335 e. The van der Waals surface area contributed by atoms with Gasteiger partial charge in [0, 0.05) is 0 Å². The minimum Gasteiger partial charge on any atom is -0.478 e. The summed E-state index contributed by atoms with van der Waals surface area (Å²) in [5, 5.41) is 9.29. The highest BCUT2D eigenvalue weighted by Gasteiger charge is 2.17. The molecule has 5 aromatic rings. The monoisotopic (exact) mass is 426 g/mol. The second kappa shape index (κ2) is 8.97. The Bertz CT molecular complexity index is 1330. The summed E-state index contributed by atoms with van der Waals surface area (Å²) in [6.45, 7) is 0. The highest BCUT2D eigenvalue weighted by atomic mass is 16.4. The summed E-state index contributed by atoms with van der Waals surface area (Å²) < 4.78 is 0. The number of rotatable bonds is 5. The molecule has 0 amide bonds. The van der Waals surface area contributed by atoms with Crippen LogP contribution < -0.4 is 0 Å². The first-order valence-electron chi connectivity index (χ1n) is 10.9. The summed E-state index contributed by atoms with van der Waals surface area (Å²) in [6, 6.07) is 42.8. The zero-order chi connectivity index (χ0) is 22.6. The number of hydrogen-bond acceptors (Lipinski definition) is 1. The van der Waals surface area contributed by atoms with Gasteiger partial charge in [0.1, 0.15) is 0 Å². The third-order valence-electron chi connectivity index (χ3n) is 5.84. The molecule has 0 aromatic heterocycles. The molecule has 0 radical (unpaired) electrons. The molecule has 0 spiro atoms. The van der Waals surface area contributed by atoms with Gasteiger partial charge in [-0.1, -0.05) is 103 Å². The molecule has 1 N–H and O–H groups in total. The highest BCUT2D eigenvalue weighted by Crippen LogP contribution is 2.43. The van der Waals surface area contributed by atoms with Crippen molar-refractivity contribution in [1.82, 2.24) is 0 Å². The van der Waals surface area contributed by atoms with E-state index in [1.807, 2.05) is 30.3 Å². The van der Waals surface area contributed by atoms with E-state index in [2.05, 4.69) is 84.9 Å². The molecule has 0 aliphatic carbocycles. The standard InChI is InChI=1S/C31H22O2/c32-31(33)26-18-16-22(17-19-26)27-20-28(23-10-4-1-5-11-23)30(25-14-8-3-9-15-25)29(21-27)24-12-6-2-7-13-24/h1-21H,(H,32,33). The van der Waals surface area contributed by atoms with E-state index in [-0.39, 0.29) is 5.56 Å². The van der Waals surface area contributed by atoms with E-state index in [9.17, 15) is 9.90 Å². The number of aromatic carboxylic acids is 1. The predicted octanol–water partition coefficient (Wildman–Crippen LogP) is 8.05. The molecule has 0 bridgehead atoms. The van der Waals surface area contributed by atoms with Crippen molar-refractivity contribution in [2.45, 2.75) is 0 Å². The number of benzene rings is 5. The molecule has 0 unspecified atom stereocenters. The molecular weight excluding hydrogens is 404 g/mol. The zero-order valence-corrected chi connectivity index (χ0v) is 18.0. The maximum absolute atomic E-state index is 11.3. The molecule has 0 aliphatic rings. The first-order chi connectivity index (χ1) is 16.2. The van der Waals surface area contributed by atoms with Gasteiger partial charge in [0.25, 0.3) is 0 Å². The van der Waals surface area contributed by atoms with E-state index < -0.39 is 5.97 Å². The van der Waals surface area contributed by atoms with E-state index >= 15 is 0 Å². The van der Waals surface area contributed by atoms with Crippen LogP contribution in [0.25, 0.3) is 44.5 Å². The summed E-state index contributed by atoms with van der Waals surface area (Å²) in [7, 11) is 0. The average molecular weight is 427 g/mol. The highest BCUT2D eigenvalue weighted by molar-refractivity contribution is 5.98. The molecule has 158 valence electrons. The molecule has 2 heteroatoms. The van der Waals surface area contributed by atoms with Crippen molar-refractivity contribution in [3.8, 4) is 44.5 Å². The van der Waals surface area contributed by atoms with Crippen LogP contribution in [-0.2, 0) is 0 Å². The van der Waals surface area contributed by atoms with Gasteiger partial charge in [-0.3, -0.25) is 0 Å². The van der Waals surface area contributed by atoms with Crippen molar-refractivity contribution in [2.75, 3.05) is 0 Å². The van der Waals surface area contributed by atoms with Crippen LogP contribution in [0.5, 0.6) is 0 Å². The third kappa shape index (κ3) is 4.19. The van der Waals surface area contributed by atoms with Crippen molar-refractivity contribution in [1.29, 1.82) is 0 Å².